The van der Waals surface area contributed by atoms with Gasteiger partial charge in [0.2, 0.25) is 0 Å². The van der Waals surface area contributed by atoms with Crippen molar-refractivity contribution in [3.63, 3.8) is 0 Å². The molecule has 14 heavy (non-hydrogen) atoms. The summed E-state index contributed by atoms with van der Waals surface area (Å²) in [6.07, 6.45) is 0. The molecule has 77 valence electrons. The predicted octanol–water partition coefficient (Wildman–Crippen LogP) is 2.16. The molecule has 14 heteroatoms. The third kappa shape index (κ3) is 2.76. The normalized spacial score (nSPS) is 31.1. The zero-order valence-corrected chi connectivity index (χ0v) is 18.4. The van der Waals surface area contributed by atoms with Crippen LogP contribution in [0.4, 0.5) is 0 Å². The van der Waals surface area contributed by atoms with Crippen LogP contribution in [0.2, 0.25) is 0 Å². The SMILES string of the molecule is Cl[Si]1[Si][Si][Si][Si](Cl)(Cl)[Si](Cl)(Cl)[Si]1(Cl)Cl. The summed E-state index contributed by atoms with van der Waals surface area (Å²) in [5, 5.41) is 0. The highest BCUT2D eigenvalue weighted by atomic mass is 35.8. The third-order valence-electron chi connectivity index (χ3n) is 1.46. The minimum Gasteiger partial charge on any atom is -0.174 e. The van der Waals surface area contributed by atoms with Crippen LogP contribution in [0.1, 0.15) is 0 Å². The van der Waals surface area contributed by atoms with Gasteiger partial charge in [-0.2, -0.15) is 33.2 Å². The van der Waals surface area contributed by atoms with Gasteiger partial charge < -0.3 is 0 Å². The Morgan fingerprint density at radius 3 is 1.93 bits per heavy atom. The molecule has 0 spiro atoms. The monoisotopic (exact) mass is 441 g/mol. The maximum absolute atomic E-state index is 6.31. The number of hydrogen-bond donors (Lipinski definition) is 0. The Balaban J connectivity index is 3.13. The molecule has 0 aliphatic carbocycles. The fourth-order valence-electron chi connectivity index (χ4n) is 0.657. The quantitative estimate of drug-likeness (QED) is 0.397. The van der Waals surface area contributed by atoms with Crippen molar-refractivity contribution in [3.05, 3.63) is 0 Å². The van der Waals surface area contributed by atoms with Gasteiger partial charge in [-0.15, -0.1) is 44.3 Å². The van der Waals surface area contributed by atoms with E-state index in [4.69, 9.17) is 77.6 Å². The van der Waals surface area contributed by atoms with Gasteiger partial charge >= 0.3 is 0 Å². The van der Waals surface area contributed by atoms with Crippen LogP contribution in [0.3, 0.4) is 0 Å². The average molecular weight is 445 g/mol. The lowest BCUT2D eigenvalue weighted by atomic mass is 26.1. The number of hydrogen-bond acceptors (Lipinski definition) is 0. The van der Waals surface area contributed by atoms with E-state index < -0.39 is 24.3 Å². The summed E-state index contributed by atoms with van der Waals surface area (Å²) in [7, 11) is 0.360. The van der Waals surface area contributed by atoms with Gasteiger partial charge in [-0.25, -0.2) is 0 Å². The van der Waals surface area contributed by atoms with Gasteiger partial charge in [-0.05, 0) is 0 Å². The lowest BCUT2D eigenvalue weighted by Gasteiger charge is -2.34. The van der Waals surface area contributed by atoms with Gasteiger partial charge in [0, 0.05) is 17.1 Å². The van der Waals surface area contributed by atoms with Crippen LogP contribution in [0.25, 0.3) is 0 Å². The second kappa shape index (κ2) is 5.27. The molecule has 0 aromatic rings. The molecule has 1 aliphatic heterocycles. The Morgan fingerprint density at radius 2 is 1.43 bits per heavy atom. The summed E-state index contributed by atoms with van der Waals surface area (Å²) in [5.41, 5.74) is -8.38. The van der Waals surface area contributed by atoms with Gasteiger partial charge in [-0.1, -0.05) is 0 Å². The highest BCUT2D eigenvalue weighted by molar-refractivity contribution is 8.32. The van der Waals surface area contributed by atoms with E-state index in [1.165, 1.54) is 0 Å². The first-order valence-corrected chi connectivity index (χ1v) is 27.7. The van der Waals surface area contributed by atoms with Crippen molar-refractivity contribution < 1.29 is 0 Å². The summed E-state index contributed by atoms with van der Waals surface area (Å²) < 4.78 is 0. The summed E-state index contributed by atoms with van der Waals surface area (Å²) in [6.45, 7) is 0. The summed E-state index contributed by atoms with van der Waals surface area (Å²) >= 11 is 44.0. The summed E-state index contributed by atoms with van der Waals surface area (Å²) in [5.74, 6) is 0. The fourth-order valence-corrected chi connectivity index (χ4v) is 160. The van der Waals surface area contributed by atoms with E-state index in [0.717, 1.165) is 0 Å². The predicted molar refractivity (Wildman–Crippen MR) is 81.2 cm³/mol. The lowest BCUT2D eigenvalue weighted by Crippen LogP contribution is -2.69. The van der Waals surface area contributed by atoms with Crippen molar-refractivity contribution >= 4 is 128 Å². The van der Waals surface area contributed by atoms with E-state index >= 15 is 0 Å². The van der Waals surface area contributed by atoms with Gasteiger partial charge in [-0.3, -0.25) is 0 Å². The Bertz CT molecular complexity index is 222. The summed E-state index contributed by atoms with van der Waals surface area (Å²) in [6, 6.07) is 0. The molecular weight excluding hydrogens is 445 g/mol. The Morgan fingerprint density at radius 1 is 0.929 bits per heavy atom. The van der Waals surface area contributed by atoms with E-state index in [9.17, 15) is 0 Å². The topological polar surface area (TPSA) is 0 Å². The Hall–Kier alpha value is 3.55. The molecule has 1 rings (SSSR count). The largest absolute Gasteiger partial charge is 0.290 e. The van der Waals surface area contributed by atoms with Crippen LogP contribution in [0.15, 0.2) is 0 Å². The van der Waals surface area contributed by atoms with E-state index in [2.05, 4.69) is 0 Å². The second-order valence-corrected chi connectivity index (χ2v) is 65.1. The molecule has 0 amide bonds. The van der Waals surface area contributed by atoms with Crippen LogP contribution >= 0.6 is 77.6 Å². The first-order valence-electron chi connectivity index (χ1n) is 3.07. The van der Waals surface area contributed by atoms with Crippen molar-refractivity contribution in [2.24, 2.45) is 0 Å². The standard InChI is InChI=1S/Cl7Si7/c1-11-9-8-10-12(2,3)14(6,7)13(11,4)5. The minimum absolute atomic E-state index is 0.440. The van der Waals surface area contributed by atoms with Crippen molar-refractivity contribution in [2.45, 2.75) is 0 Å². The van der Waals surface area contributed by atoms with E-state index in [-0.39, 0.29) is 0 Å². The molecule has 1 saturated heterocycles. The maximum atomic E-state index is 6.31. The Labute approximate surface area is 126 Å². The second-order valence-electron chi connectivity index (χ2n) is 2.41. The molecule has 0 aromatic heterocycles. The minimum atomic E-state index is -2.94. The first kappa shape index (κ1) is 15.6. The molecule has 1 heterocycles. The van der Waals surface area contributed by atoms with Gasteiger partial charge in [0.05, 0.1) is 8.55 Å². The number of halogens is 7. The molecule has 0 unspecified atom stereocenters. The van der Waals surface area contributed by atoms with Crippen molar-refractivity contribution in [2.75, 3.05) is 0 Å². The van der Waals surface area contributed by atoms with Crippen molar-refractivity contribution in [3.8, 4) is 0 Å². The Kier molecular flexibility index (Phi) is 5.88. The van der Waals surface area contributed by atoms with Crippen LogP contribution in [0.5, 0.6) is 0 Å². The van der Waals surface area contributed by atoms with E-state index in [0.29, 0.717) is 25.7 Å². The molecule has 0 saturated carbocycles. The molecule has 0 N–H and O–H groups in total. The van der Waals surface area contributed by atoms with Crippen LogP contribution in [-0.2, 0) is 0 Å². The zero-order valence-electron chi connectivity index (χ0n) is 6.15. The molecule has 0 bridgehead atoms. The van der Waals surface area contributed by atoms with Crippen molar-refractivity contribution in [1.82, 2.24) is 0 Å². The van der Waals surface area contributed by atoms with Crippen LogP contribution in [0, 0.1) is 0 Å². The van der Waals surface area contributed by atoms with E-state index in [1.807, 2.05) is 0 Å². The fraction of sp³-hybridized carbons (Fsp3) is 0. The molecule has 0 aromatic carbocycles. The van der Waals surface area contributed by atoms with Gasteiger partial charge in [0.15, 0.2) is 7.14 Å². The zero-order chi connectivity index (χ0) is 11.2. The summed E-state index contributed by atoms with van der Waals surface area (Å²) in [4.78, 5) is 0. The molecular formula is Cl7Si7. The lowest BCUT2D eigenvalue weighted by molar-refractivity contribution is 3.28. The van der Waals surface area contributed by atoms with Crippen molar-refractivity contribution in [1.29, 1.82) is 0 Å². The first-order chi connectivity index (χ1) is 6.13. The van der Waals surface area contributed by atoms with Gasteiger partial charge in [0.1, 0.15) is 0 Å². The average Bonchev–Trinajstić information content (AvgIpc) is 2.05. The highest BCUT2D eigenvalue weighted by Gasteiger charge is 2.71. The number of rotatable bonds is 0. The van der Waals surface area contributed by atoms with Gasteiger partial charge in [0.25, 0.3) is 17.2 Å². The van der Waals surface area contributed by atoms with Crippen LogP contribution < -0.4 is 0 Å². The highest BCUT2D eigenvalue weighted by Crippen LogP contribution is 2.46. The molecule has 1 fully saturated rings. The van der Waals surface area contributed by atoms with E-state index in [1.54, 1.807) is 0 Å². The smallest absolute Gasteiger partial charge is 0.174 e. The molecule has 0 atom stereocenters. The maximum Gasteiger partial charge on any atom is 0.290 e. The third-order valence-corrected chi connectivity index (χ3v) is 118. The van der Waals surface area contributed by atoms with Crippen LogP contribution in [-0.4, -0.2) is 50.0 Å². The molecule has 1 aliphatic rings. The molecule has 7 radical (unpaired) electrons. The molecule has 0 nitrogen and oxygen atoms in total.